The minimum Gasteiger partial charge on any atom is -0.371 e. The molecule has 2 aromatic carbocycles. The van der Waals surface area contributed by atoms with Gasteiger partial charge in [0.1, 0.15) is 5.75 Å². The van der Waals surface area contributed by atoms with Crippen LogP contribution in [-0.4, -0.2) is 32.8 Å². The first-order valence-electron chi connectivity index (χ1n) is 7.57. The Labute approximate surface area is 141 Å². The van der Waals surface area contributed by atoms with Crippen molar-refractivity contribution in [3.8, 4) is 5.75 Å². The molecule has 0 spiro atoms. The summed E-state index contributed by atoms with van der Waals surface area (Å²) in [7, 11) is -2.52. The molecule has 2 aromatic rings. The van der Waals surface area contributed by atoms with Crippen LogP contribution in [0.15, 0.2) is 48.5 Å². The number of hydrogen-bond donors (Lipinski definition) is 1. The standard InChI is InChI=1S/C17H18N2O4S/c1-18-24(21,22)23-16-8-7-13-9-10-19(12-15(13)11-16)17(20)14-5-3-2-4-6-14/h2-8,11,18H,9-10,12H2,1H3. The van der Waals surface area contributed by atoms with E-state index in [9.17, 15) is 13.2 Å². The molecule has 3 rings (SSSR count). The van der Waals surface area contributed by atoms with Crippen LogP contribution < -0.4 is 8.91 Å². The minimum atomic E-state index is -3.80. The van der Waals surface area contributed by atoms with Crippen LogP contribution in [-0.2, 0) is 23.3 Å². The normalized spacial score (nSPS) is 14.1. The Hall–Kier alpha value is -2.38. The fraction of sp³-hybridized carbons (Fsp3) is 0.235. The summed E-state index contributed by atoms with van der Waals surface area (Å²) in [6.07, 6.45) is 0.729. The summed E-state index contributed by atoms with van der Waals surface area (Å²) < 4.78 is 30.1. The van der Waals surface area contributed by atoms with Gasteiger partial charge < -0.3 is 9.08 Å². The van der Waals surface area contributed by atoms with Crippen molar-refractivity contribution in [2.45, 2.75) is 13.0 Å². The average molecular weight is 346 g/mol. The van der Waals surface area contributed by atoms with Gasteiger partial charge in [0.2, 0.25) is 0 Å². The van der Waals surface area contributed by atoms with Crippen LogP contribution in [0.1, 0.15) is 21.5 Å². The lowest BCUT2D eigenvalue weighted by Gasteiger charge is -2.29. The lowest BCUT2D eigenvalue weighted by molar-refractivity contribution is 0.0734. The third kappa shape index (κ3) is 3.58. The van der Waals surface area contributed by atoms with E-state index < -0.39 is 10.3 Å². The van der Waals surface area contributed by atoms with Crippen LogP contribution in [0, 0.1) is 0 Å². The third-order valence-electron chi connectivity index (χ3n) is 3.95. The molecule has 24 heavy (non-hydrogen) atoms. The molecule has 0 atom stereocenters. The van der Waals surface area contributed by atoms with Gasteiger partial charge in [-0.3, -0.25) is 4.79 Å². The molecule has 1 N–H and O–H groups in total. The molecule has 0 aromatic heterocycles. The molecule has 0 fully saturated rings. The minimum absolute atomic E-state index is 0.0320. The molecule has 0 bridgehead atoms. The lowest BCUT2D eigenvalue weighted by atomic mass is 9.99. The van der Waals surface area contributed by atoms with E-state index in [1.807, 2.05) is 24.3 Å². The number of amides is 1. The number of benzene rings is 2. The Kier molecular flexibility index (Phi) is 4.55. The lowest BCUT2D eigenvalue weighted by Crippen LogP contribution is -2.36. The number of carbonyl (C=O) groups is 1. The van der Waals surface area contributed by atoms with Crippen LogP contribution >= 0.6 is 0 Å². The van der Waals surface area contributed by atoms with E-state index in [0.29, 0.717) is 18.7 Å². The zero-order chi connectivity index (χ0) is 17.2. The maximum atomic E-state index is 12.6. The molecular formula is C17H18N2O4S. The van der Waals surface area contributed by atoms with Crippen molar-refractivity contribution in [2.75, 3.05) is 13.6 Å². The van der Waals surface area contributed by atoms with Crippen LogP contribution in [0.3, 0.4) is 0 Å². The van der Waals surface area contributed by atoms with E-state index in [1.54, 1.807) is 29.2 Å². The predicted molar refractivity (Wildman–Crippen MR) is 89.9 cm³/mol. The molecular weight excluding hydrogens is 328 g/mol. The van der Waals surface area contributed by atoms with Crippen LogP contribution in [0.25, 0.3) is 0 Å². The molecule has 0 unspecified atom stereocenters. The second-order valence-electron chi connectivity index (χ2n) is 5.51. The van der Waals surface area contributed by atoms with Gasteiger partial charge in [-0.05, 0) is 41.8 Å². The molecule has 1 amide bonds. The summed E-state index contributed by atoms with van der Waals surface area (Å²) in [6.45, 7) is 1.07. The number of fused-ring (bicyclic) bond motifs is 1. The van der Waals surface area contributed by atoms with Crippen LogP contribution in [0.2, 0.25) is 0 Å². The molecule has 1 aliphatic rings. The Balaban J connectivity index is 1.80. The first kappa shape index (κ1) is 16.5. The van der Waals surface area contributed by atoms with E-state index in [0.717, 1.165) is 17.5 Å². The van der Waals surface area contributed by atoms with Gasteiger partial charge in [0.25, 0.3) is 5.91 Å². The summed E-state index contributed by atoms with van der Waals surface area (Å²) in [6, 6.07) is 14.3. The quantitative estimate of drug-likeness (QED) is 0.915. The molecule has 126 valence electrons. The Morgan fingerprint density at radius 1 is 1.12 bits per heavy atom. The van der Waals surface area contributed by atoms with Gasteiger partial charge in [-0.25, -0.2) is 0 Å². The largest absolute Gasteiger partial charge is 0.382 e. The first-order valence-corrected chi connectivity index (χ1v) is 8.98. The summed E-state index contributed by atoms with van der Waals surface area (Å²) in [4.78, 5) is 14.3. The number of nitrogens with one attached hydrogen (secondary N) is 1. The molecule has 7 heteroatoms. The summed E-state index contributed by atoms with van der Waals surface area (Å²) >= 11 is 0. The third-order valence-corrected chi connectivity index (χ3v) is 4.87. The molecule has 0 saturated heterocycles. The van der Waals surface area contributed by atoms with Gasteiger partial charge in [-0.2, -0.15) is 13.1 Å². The maximum Gasteiger partial charge on any atom is 0.382 e. The molecule has 1 aliphatic heterocycles. The van der Waals surface area contributed by atoms with Gasteiger partial charge in [-0.1, -0.05) is 24.3 Å². The highest BCUT2D eigenvalue weighted by atomic mass is 32.2. The average Bonchev–Trinajstić information content (AvgIpc) is 2.61. The predicted octanol–water partition coefficient (Wildman–Crippen LogP) is 1.73. The van der Waals surface area contributed by atoms with Crippen molar-refractivity contribution in [3.05, 3.63) is 65.2 Å². The second-order valence-corrected chi connectivity index (χ2v) is 7.00. The summed E-state index contributed by atoms with van der Waals surface area (Å²) in [5.41, 5.74) is 2.64. The fourth-order valence-electron chi connectivity index (χ4n) is 2.69. The molecule has 0 aliphatic carbocycles. The number of rotatable bonds is 4. The fourth-order valence-corrected chi connectivity index (χ4v) is 3.13. The van der Waals surface area contributed by atoms with E-state index in [1.165, 1.54) is 7.05 Å². The Bertz CT molecular complexity index is 850. The highest BCUT2D eigenvalue weighted by Crippen LogP contribution is 2.25. The number of nitrogens with zero attached hydrogens (tertiary/aromatic N) is 1. The number of carbonyl (C=O) groups excluding carboxylic acids is 1. The van der Waals surface area contributed by atoms with Crippen molar-refractivity contribution in [1.29, 1.82) is 0 Å². The summed E-state index contributed by atoms with van der Waals surface area (Å²) in [5, 5.41) is 0. The highest BCUT2D eigenvalue weighted by molar-refractivity contribution is 7.85. The van der Waals surface area contributed by atoms with Crippen LogP contribution in [0.5, 0.6) is 5.75 Å². The smallest absolute Gasteiger partial charge is 0.371 e. The maximum absolute atomic E-state index is 12.6. The van der Waals surface area contributed by atoms with Crippen molar-refractivity contribution in [2.24, 2.45) is 0 Å². The Morgan fingerprint density at radius 3 is 2.58 bits per heavy atom. The van der Waals surface area contributed by atoms with Crippen molar-refractivity contribution in [3.63, 3.8) is 0 Å². The first-order chi connectivity index (χ1) is 11.5. The SMILES string of the molecule is CNS(=O)(=O)Oc1ccc2c(c1)CN(C(=O)c1ccccc1)CC2. The molecule has 6 nitrogen and oxygen atoms in total. The topological polar surface area (TPSA) is 75.7 Å². The molecule has 0 saturated carbocycles. The van der Waals surface area contributed by atoms with E-state index in [4.69, 9.17) is 4.18 Å². The van der Waals surface area contributed by atoms with Gasteiger partial charge >= 0.3 is 10.3 Å². The zero-order valence-electron chi connectivity index (χ0n) is 13.2. The van der Waals surface area contributed by atoms with Gasteiger partial charge in [0, 0.05) is 25.7 Å². The van der Waals surface area contributed by atoms with Crippen molar-refractivity contribution >= 4 is 16.2 Å². The van der Waals surface area contributed by atoms with Gasteiger partial charge in [-0.15, -0.1) is 0 Å². The number of hydrogen-bond acceptors (Lipinski definition) is 4. The van der Waals surface area contributed by atoms with E-state index in [-0.39, 0.29) is 11.7 Å². The highest BCUT2D eigenvalue weighted by Gasteiger charge is 2.22. The Morgan fingerprint density at radius 2 is 1.88 bits per heavy atom. The van der Waals surface area contributed by atoms with Gasteiger partial charge in [0.15, 0.2) is 0 Å². The molecule has 1 heterocycles. The molecule has 0 radical (unpaired) electrons. The van der Waals surface area contributed by atoms with E-state index >= 15 is 0 Å². The monoisotopic (exact) mass is 346 g/mol. The van der Waals surface area contributed by atoms with E-state index in [2.05, 4.69) is 4.72 Å². The summed E-state index contributed by atoms with van der Waals surface area (Å²) in [5.74, 6) is 0.201. The second kappa shape index (κ2) is 6.62. The van der Waals surface area contributed by atoms with Crippen LogP contribution in [0.4, 0.5) is 0 Å². The zero-order valence-corrected chi connectivity index (χ0v) is 14.0. The van der Waals surface area contributed by atoms with Gasteiger partial charge in [0.05, 0.1) is 0 Å². The van der Waals surface area contributed by atoms with Crippen molar-refractivity contribution in [1.82, 2.24) is 9.62 Å². The van der Waals surface area contributed by atoms with Crippen molar-refractivity contribution < 1.29 is 17.4 Å².